The SMILES string of the molecule is CCc1nn(CC)c(CC(C)(O)C(C)C)c1Cl. The highest BCUT2D eigenvalue weighted by Gasteiger charge is 2.29. The molecule has 1 rings (SSSR count). The third-order valence-electron chi connectivity index (χ3n) is 3.46. The van der Waals surface area contributed by atoms with Gasteiger partial charge in [0, 0.05) is 13.0 Å². The number of hydrogen-bond donors (Lipinski definition) is 1. The van der Waals surface area contributed by atoms with Crippen molar-refractivity contribution in [2.75, 3.05) is 0 Å². The van der Waals surface area contributed by atoms with E-state index in [1.54, 1.807) is 0 Å². The van der Waals surface area contributed by atoms with Crippen molar-refractivity contribution < 1.29 is 5.11 Å². The molecule has 0 spiro atoms. The number of halogens is 1. The second kappa shape index (κ2) is 5.40. The van der Waals surface area contributed by atoms with E-state index in [0.29, 0.717) is 6.42 Å². The van der Waals surface area contributed by atoms with Crippen LogP contribution in [0, 0.1) is 5.92 Å². The van der Waals surface area contributed by atoms with E-state index in [4.69, 9.17) is 11.6 Å². The summed E-state index contributed by atoms with van der Waals surface area (Å²) in [6.07, 6.45) is 1.37. The van der Waals surface area contributed by atoms with Crippen molar-refractivity contribution in [2.24, 2.45) is 5.92 Å². The Morgan fingerprint density at radius 1 is 1.41 bits per heavy atom. The molecular weight excluding hydrogens is 236 g/mol. The summed E-state index contributed by atoms with van der Waals surface area (Å²) in [5.41, 5.74) is 1.12. The van der Waals surface area contributed by atoms with Gasteiger partial charge in [0.05, 0.1) is 22.0 Å². The standard InChI is InChI=1S/C13H23ClN2O/c1-6-10-12(14)11(16(7-2)15-10)8-13(5,17)9(3)4/h9,17H,6-8H2,1-5H3. The van der Waals surface area contributed by atoms with Crippen LogP contribution in [-0.2, 0) is 19.4 Å². The Labute approximate surface area is 109 Å². The van der Waals surface area contributed by atoms with Crippen molar-refractivity contribution in [3.05, 3.63) is 16.4 Å². The summed E-state index contributed by atoms with van der Waals surface area (Å²) in [5, 5.41) is 15.6. The summed E-state index contributed by atoms with van der Waals surface area (Å²) >= 11 is 6.32. The zero-order valence-electron chi connectivity index (χ0n) is 11.4. The van der Waals surface area contributed by atoms with Crippen LogP contribution < -0.4 is 0 Å². The first-order chi connectivity index (χ1) is 7.83. The zero-order chi connectivity index (χ0) is 13.2. The maximum absolute atomic E-state index is 10.4. The third-order valence-corrected chi connectivity index (χ3v) is 3.90. The maximum atomic E-state index is 10.4. The highest BCUT2D eigenvalue weighted by atomic mass is 35.5. The molecule has 4 heteroatoms. The lowest BCUT2D eigenvalue weighted by Crippen LogP contribution is -2.34. The molecule has 0 aliphatic heterocycles. The van der Waals surface area contributed by atoms with Gasteiger partial charge in [-0.15, -0.1) is 0 Å². The summed E-state index contributed by atoms with van der Waals surface area (Å²) in [4.78, 5) is 0. The van der Waals surface area contributed by atoms with Gasteiger partial charge in [-0.05, 0) is 26.2 Å². The molecule has 0 aliphatic carbocycles. The molecule has 0 saturated heterocycles. The first-order valence-electron chi connectivity index (χ1n) is 6.29. The van der Waals surface area contributed by atoms with Crippen LogP contribution in [0.2, 0.25) is 5.02 Å². The molecule has 0 aromatic carbocycles. The van der Waals surface area contributed by atoms with Crippen molar-refractivity contribution in [1.82, 2.24) is 9.78 Å². The Bertz CT molecular complexity index is 383. The van der Waals surface area contributed by atoms with Crippen LogP contribution in [-0.4, -0.2) is 20.5 Å². The summed E-state index contributed by atoms with van der Waals surface area (Å²) in [6.45, 7) is 10.7. The molecule has 1 atom stereocenters. The van der Waals surface area contributed by atoms with E-state index in [9.17, 15) is 5.11 Å². The molecule has 17 heavy (non-hydrogen) atoms. The zero-order valence-corrected chi connectivity index (χ0v) is 12.2. The average molecular weight is 259 g/mol. The molecule has 1 N–H and O–H groups in total. The molecule has 98 valence electrons. The summed E-state index contributed by atoms with van der Waals surface area (Å²) in [5.74, 6) is 0.184. The van der Waals surface area contributed by atoms with E-state index in [-0.39, 0.29) is 5.92 Å². The number of hydrogen-bond acceptors (Lipinski definition) is 2. The van der Waals surface area contributed by atoms with Gasteiger partial charge in [0.1, 0.15) is 0 Å². The minimum atomic E-state index is -0.748. The topological polar surface area (TPSA) is 38.0 Å². The molecule has 0 aliphatic rings. The van der Waals surface area contributed by atoms with Crippen LogP contribution in [0.4, 0.5) is 0 Å². The van der Waals surface area contributed by atoms with Crippen LogP contribution in [0.15, 0.2) is 0 Å². The highest BCUT2D eigenvalue weighted by Crippen LogP contribution is 2.28. The summed E-state index contributed by atoms with van der Waals surface area (Å²) in [6, 6.07) is 0. The molecule has 1 aromatic heterocycles. The first kappa shape index (κ1) is 14.5. The van der Waals surface area contributed by atoms with Gasteiger partial charge in [-0.2, -0.15) is 5.10 Å². The Morgan fingerprint density at radius 2 is 2.00 bits per heavy atom. The summed E-state index contributed by atoms with van der Waals surface area (Å²) in [7, 11) is 0. The van der Waals surface area contributed by atoms with Crippen LogP contribution in [0.25, 0.3) is 0 Å². The van der Waals surface area contributed by atoms with Crippen LogP contribution in [0.1, 0.15) is 46.0 Å². The van der Waals surface area contributed by atoms with E-state index in [1.165, 1.54) is 0 Å². The van der Waals surface area contributed by atoms with Gasteiger partial charge < -0.3 is 5.11 Å². The Balaban J connectivity index is 3.09. The Hall–Kier alpha value is -0.540. The van der Waals surface area contributed by atoms with E-state index in [2.05, 4.69) is 5.10 Å². The maximum Gasteiger partial charge on any atom is 0.0850 e. The van der Waals surface area contributed by atoms with Crippen LogP contribution in [0.3, 0.4) is 0 Å². The largest absolute Gasteiger partial charge is 0.390 e. The lowest BCUT2D eigenvalue weighted by molar-refractivity contribution is 0.0122. The van der Waals surface area contributed by atoms with Crippen molar-refractivity contribution in [3.8, 4) is 0 Å². The monoisotopic (exact) mass is 258 g/mol. The predicted octanol–water partition coefficient (Wildman–Crippen LogP) is 3.07. The van der Waals surface area contributed by atoms with Gasteiger partial charge in [0.15, 0.2) is 0 Å². The average Bonchev–Trinajstić information content (AvgIpc) is 2.55. The van der Waals surface area contributed by atoms with Crippen molar-refractivity contribution in [2.45, 2.75) is 59.6 Å². The molecular formula is C13H23ClN2O. The second-order valence-electron chi connectivity index (χ2n) is 5.07. The minimum absolute atomic E-state index is 0.184. The quantitative estimate of drug-likeness (QED) is 0.882. The predicted molar refractivity (Wildman–Crippen MR) is 71.5 cm³/mol. The molecule has 0 bridgehead atoms. The molecule has 3 nitrogen and oxygen atoms in total. The summed E-state index contributed by atoms with van der Waals surface area (Å²) < 4.78 is 1.90. The molecule has 0 fully saturated rings. The second-order valence-corrected chi connectivity index (χ2v) is 5.44. The highest BCUT2D eigenvalue weighted by molar-refractivity contribution is 6.31. The van der Waals surface area contributed by atoms with E-state index in [0.717, 1.165) is 29.4 Å². The fourth-order valence-corrected chi connectivity index (χ4v) is 2.07. The van der Waals surface area contributed by atoms with Crippen molar-refractivity contribution >= 4 is 11.6 Å². The van der Waals surface area contributed by atoms with Crippen molar-refractivity contribution in [1.29, 1.82) is 0 Å². The van der Waals surface area contributed by atoms with E-state index >= 15 is 0 Å². The van der Waals surface area contributed by atoms with Crippen LogP contribution in [0.5, 0.6) is 0 Å². The first-order valence-corrected chi connectivity index (χ1v) is 6.67. The normalized spacial score (nSPS) is 15.3. The lowest BCUT2D eigenvalue weighted by Gasteiger charge is -2.28. The van der Waals surface area contributed by atoms with Gasteiger partial charge in [-0.3, -0.25) is 4.68 Å². The molecule has 1 unspecified atom stereocenters. The smallest absolute Gasteiger partial charge is 0.0850 e. The third kappa shape index (κ3) is 3.02. The Morgan fingerprint density at radius 3 is 2.41 bits per heavy atom. The number of aromatic nitrogens is 2. The van der Waals surface area contributed by atoms with Gasteiger partial charge in [0.2, 0.25) is 0 Å². The van der Waals surface area contributed by atoms with Gasteiger partial charge >= 0.3 is 0 Å². The van der Waals surface area contributed by atoms with Crippen molar-refractivity contribution in [3.63, 3.8) is 0 Å². The van der Waals surface area contributed by atoms with E-state index < -0.39 is 5.60 Å². The van der Waals surface area contributed by atoms with Gasteiger partial charge in [-0.1, -0.05) is 32.4 Å². The molecule has 0 saturated carbocycles. The fraction of sp³-hybridized carbons (Fsp3) is 0.769. The molecule has 1 aromatic rings. The number of aryl methyl sites for hydroxylation is 2. The Kier molecular flexibility index (Phi) is 4.62. The van der Waals surface area contributed by atoms with E-state index in [1.807, 2.05) is 39.3 Å². The molecule has 0 amide bonds. The van der Waals surface area contributed by atoms with Crippen LogP contribution >= 0.6 is 11.6 Å². The number of nitrogens with zero attached hydrogens (tertiary/aromatic N) is 2. The lowest BCUT2D eigenvalue weighted by atomic mass is 9.88. The number of rotatable bonds is 5. The van der Waals surface area contributed by atoms with Gasteiger partial charge in [-0.25, -0.2) is 0 Å². The minimum Gasteiger partial charge on any atom is -0.390 e. The van der Waals surface area contributed by atoms with Gasteiger partial charge in [0.25, 0.3) is 0 Å². The fourth-order valence-electron chi connectivity index (χ4n) is 1.73. The number of aliphatic hydroxyl groups is 1. The molecule has 0 radical (unpaired) electrons. The molecule has 1 heterocycles.